The SMILES string of the molecule is CC(C)NCC1CC12CC(C)(C)CC2C. The summed E-state index contributed by atoms with van der Waals surface area (Å²) >= 11 is 0. The molecular formula is C14H27N. The first-order chi connectivity index (χ1) is 6.86. The Morgan fingerprint density at radius 1 is 1.27 bits per heavy atom. The van der Waals surface area contributed by atoms with E-state index in [1.54, 1.807) is 0 Å². The van der Waals surface area contributed by atoms with Crippen molar-refractivity contribution >= 4 is 0 Å². The van der Waals surface area contributed by atoms with E-state index in [-0.39, 0.29) is 0 Å². The molecule has 0 aromatic carbocycles. The van der Waals surface area contributed by atoms with Crippen LogP contribution in [0.5, 0.6) is 0 Å². The minimum Gasteiger partial charge on any atom is -0.314 e. The fourth-order valence-corrected chi connectivity index (χ4v) is 4.04. The quantitative estimate of drug-likeness (QED) is 0.750. The van der Waals surface area contributed by atoms with Crippen LogP contribution in [0.2, 0.25) is 0 Å². The predicted molar refractivity (Wildman–Crippen MR) is 65.9 cm³/mol. The van der Waals surface area contributed by atoms with Crippen LogP contribution in [0.15, 0.2) is 0 Å². The number of hydrogen-bond donors (Lipinski definition) is 1. The minimum absolute atomic E-state index is 0.603. The van der Waals surface area contributed by atoms with Gasteiger partial charge in [0.25, 0.3) is 0 Å². The van der Waals surface area contributed by atoms with Crippen LogP contribution >= 0.6 is 0 Å². The van der Waals surface area contributed by atoms with E-state index in [2.05, 4.69) is 39.9 Å². The average Bonchev–Trinajstić information content (AvgIpc) is 2.68. The lowest BCUT2D eigenvalue weighted by Crippen LogP contribution is -2.27. The average molecular weight is 209 g/mol. The molecule has 2 rings (SSSR count). The first kappa shape index (κ1) is 11.4. The van der Waals surface area contributed by atoms with Gasteiger partial charge in [0.1, 0.15) is 0 Å². The van der Waals surface area contributed by atoms with Crippen molar-refractivity contribution in [1.29, 1.82) is 0 Å². The standard InChI is InChI=1S/C14H27N/c1-10(2)15-8-12-7-14(12)9-13(4,5)6-11(14)3/h10-12,15H,6-9H2,1-5H3. The number of nitrogens with one attached hydrogen (secondary N) is 1. The Balaban J connectivity index is 1.90. The summed E-state index contributed by atoms with van der Waals surface area (Å²) in [6.45, 7) is 13.1. The lowest BCUT2D eigenvalue weighted by molar-refractivity contribution is 0.328. The van der Waals surface area contributed by atoms with E-state index in [1.807, 2.05) is 0 Å². The molecule has 88 valence electrons. The molecule has 2 saturated carbocycles. The number of rotatable bonds is 3. The van der Waals surface area contributed by atoms with E-state index in [0.717, 1.165) is 17.3 Å². The predicted octanol–water partition coefficient (Wildman–Crippen LogP) is 3.45. The van der Waals surface area contributed by atoms with Crippen molar-refractivity contribution in [2.45, 2.75) is 59.9 Å². The summed E-state index contributed by atoms with van der Waals surface area (Å²) < 4.78 is 0. The zero-order valence-electron chi connectivity index (χ0n) is 11.1. The Morgan fingerprint density at radius 2 is 1.93 bits per heavy atom. The maximum Gasteiger partial charge on any atom is 0.00104 e. The molecule has 2 fully saturated rings. The second-order valence-electron chi connectivity index (χ2n) is 7.14. The van der Waals surface area contributed by atoms with Crippen molar-refractivity contribution in [1.82, 2.24) is 5.32 Å². The van der Waals surface area contributed by atoms with Gasteiger partial charge in [-0.1, -0.05) is 34.6 Å². The summed E-state index contributed by atoms with van der Waals surface area (Å²) in [4.78, 5) is 0. The van der Waals surface area contributed by atoms with E-state index in [4.69, 9.17) is 0 Å². The van der Waals surface area contributed by atoms with Gasteiger partial charge in [-0.25, -0.2) is 0 Å². The van der Waals surface area contributed by atoms with Crippen molar-refractivity contribution in [3.05, 3.63) is 0 Å². The topological polar surface area (TPSA) is 12.0 Å². The van der Waals surface area contributed by atoms with Gasteiger partial charge in [-0.15, -0.1) is 0 Å². The highest BCUT2D eigenvalue weighted by molar-refractivity contribution is 5.12. The van der Waals surface area contributed by atoms with Crippen LogP contribution in [0, 0.1) is 22.7 Å². The van der Waals surface area contributed by atoms with Crippen LogP contribution in [-0.4, -0.2) is 12.6 Å². The maximum atomic E-state index is 3.61. The Kier molecular flexibility index (Phi) is 2.65. The summed E-state index contributed by atoms with van der Waals surface area (Å²) in [5.74, 6) is 1.92. The third-order valence-electron chi connectivity index (χ3n) is 4.70. The maximum absolute atomic E-state index is 3.61. The van der Waals surface area contributed by atoms with E-state index < -0.39 is 0 Å². The zero-order valence-corrected chi connectivity index (χ0v) is 11.1. The van der Waals surface area contributed by atoms with Gasteiger partial charge in [0.15, 0.2) is 0 Å². The normalized spacial score (nSPS) is 42.8. The highest BCUT2D eigenvalue weighted by Crippen LogP contribution is 2.69. The number of hydrogen-bond acceptors (Lipinski definition) is 1. The second kappa shape index (κ2) is 3.48. The lowest BCUT2D eigenvalue weighted by Gasteiger charge is -2.18. The van der Waals surface area contributed by atoms with Crippen LogP contribution in [0.4, 0.5) is 0 Å². The van der Waals surface area contributed by atoms with Crippen LogP contribution in [0.3, 0.4) is 0 Å². The molecule has 0 aromatic rings. The van der Waals surface area contributed by atoms with Crippen molar-refractivity contribution in [2.75, 3.05) is 6.54 Å². The molecule has 1 N–H and O–H groups in total. The molecule has 0 heterocycles. The fourth-order valence-electron chi connectivity index (χ4n) is 4.04. The Hall–Kier alpha value is -0.0400. The summed E-state index contributed by atoms with van der Waals surface area (Å²) in [7, 11) is 0. The van der Waals surface area contributed by atoms with Crippen molar-refractivity contribution in [3.8, 4) is 0 Å². The van der Waals surface area contributed by atoms with Gasteiger partial charge in [-0.05, 0) is 48.5 Å². The molecule has 0 aliphatic heterocycles. The molecule has 15 heavy (non-hydrogen) atoms. The third-order valence-corrected chi connectivity index (χ3v) is 4.70. The van der Waals surface area contributed by atoms with Crippen molar-refractivity contribution in [3.63, 3.8) is 0 Å². The monoisotopic (exact) mass is 209 g/mol. The molecule has 3 atom stereocenters. The third kappa shape index (κ3) is 2.08. The summed E-state index contributed by atoms with van der Waals surface area (Å²) in [6.07, 6.45) is 4.38. The van der Waals surface area contributed by atoms with E-state index >= 15 is 0 Å². The second-order valence-corrected chi connectivity index (χ2v) is 7.14. The molecule has 0 amide bonds. The lowest BCUT2D eigenvalue weighted by atomic mass is 9.89. The van der Waals surface area contributed by atoms with Crippen LogP contribution < -0.4 is 5.32 Å². The van der Waals surface area contributed by atoms with Gasteiger partial charge in [0, 0.05) is 6.04 Å². The van der Waals surface area contributed by atoms with Gasteiger partial charge in [-0.2, -0.15) is 0 Å². The van der Waals surface area contributed by atoms with E-state index in [9.17, 15) is 0 Å². The van der Waals surface area contributed by atoms with Gasteiger partial charge in [-0.3, -0.25) is 0 Å². The van der Waals surface area contributed by atoms with E-state index in [0.29, 0.717) is 11.5 Å². The van der Waals surface area contributed by atoms with Gasteiger partial charge < -0.3 is 5.32 Å². The smallest absolute Gasteiger partial charge is 0.00104 e. The fraction of sp³-hybridized carbons (Fsp3) is 1.00. The van der Waals surface area contributed by atoms with Crippen LogP contribution in [-0.2, 0) is 0 Å². The molecule has 0 bridgehead atoms. The molecule has 1 nitrogen and oxygen atoms in total. The van der Waals surface area contributed by atoms with E-state index in [1.165, 1.54) is 25.8 Å². The summed E-state index contributed by atoms with van der Waals surface area (Å²) in [5, 5.41) is 3.61. The molecule has 2 aliphatic rings. The zero-order chi connectivity index (χ0) is 11.3. The van der Waals surface area contributed by atoms with Gasteiger partial charge in [0.05, 0.1) is 0 Å². The largest absolute Gasteiger partial charge is 0.314 e. The first-order valence-electron chi connectivity index (χ1n) is 6.59. The van der Waals surface area contributed by atoms with Crippen LogP contribution in [0.25, 0.3) is 0 Å². The minimum atomic E-state index is 0.603. The van der Waals surface area contributed by atoms with Crippen molar-refractivity contribution in [2.24, 2.45) is 22.7 Å². The molecular weight excluding hydrogens is 182 g/mol. The first-order valence-corrected chi connectivity index (χ1v) is 6.59. The molecule has 1 spiro atoms. The van der Waals surface area contributed by atoms with Gasteiger partial charge in [0.2, 0.25) is 0 Å². The Bertz CT molecular complexity index is 242. The highest BCUT2D eigenvalue weighted by Gasteiger charge is 2.62. The van der Waals surface area contributed by atoms with Crippen molar-refractivity contribution < 1.29 is 0 Å². The molecule has 3 unspecified atom stereocenters. The van der Waals surface area contributed by atoms with Gasteiger partial charge >= 0.3 is 0 Å². The molecule has 0 radical (unpaired) electrons. The summed E-state index contributed by atoms with van der Waals surface area (Å²) in [6, 6.07) is 0.646. The highest BCUT2D eigenvalue weighted by atomic mass is 14.9. The Labute approximate surface area is 95.0 Å². The molecule has 1 heteroatoms. The summed E-state index contributed by atoms with van der Waals surface area (Å²) in [5.41, 5.74) is 1.33. The Morgan fingerprint density at radius 3 is 2.40 bits per heavy atom. The van der Waals surface area contributed by atoms with Crippen LogP contribution in [0.1, 0.15) is 53.9 Å². The molecule has 0 saturated heterocycles. The molecule has 0 aromatic heterocycles. The molecule has 2 aliphatic carbocycles.